The number of aromatic nitrogens is 1. The Bertz CT molecular complexity index is 933. The minimum atomic E-state index is -0.632. The Morgan fingerprint density at radius 1 is 1.06 bits per heavy atom. The molecule has 1 aliphatic heterocycles. The number of nitrogens with one attached hydrogen (secondary N) is 1. The largest absolute Gasteiger partial charge is 0.336 e. The molecule has 1 aromatic carbocycles. The summed E-state index contributed by atoms with van der Waals surface area (Å²) in [6.07, 6.45) is 5.88. The van der Waals surface area contributed by atoms with Crippen LogP contribution in [0.5, 0.6) is 0 Å². The Morgan fingerprint density at radius 3 is 2.39 bits per heavy atom. The number of likely N-dealkylation sites (N-methyl/N-ethyl adjacent to an activating group) is 1. The van der Waals surface area contributed by atoms with Gasteiger partial charge in [0, 0.05) is 31.8 Å². The quantitative estimate of drug-likeness (QED) is 0.408. The third-order valence-corrected chi connectivity index (χ3v) is 5.10. The second-order valence-corrected chi connectivity index (χ2v) is 6.97. The molecule has 1 aromatic heterocycles. The topological polar surface area (TPSA) is 85.8 Å². The molecule has 7 nitrogen and oxygen atoms in total. The Kier molecular flexibility index (Phi) is 9.40. The van der Waals surface area contributed by atoms with Crippen LogP contribution in [0.4, 0.5) is 0 Å². The van der Waals surface area contributed by atoms with Crippen molar-refractivity contribution in [1.82, 2.24) is 20.3 Å². The highest BCUT2D eigenvalue weighted by atomic mass is 35.5. The predicted octanol–water partition coefficient (Wildman–Crippen LogP) is 2.94. The summed E-state index contributed by atoms with van der Waals surface area (Å²) in [5, 5.41) is 8.53. The van der Waals surface area contributed by atoms with Crippen molar-refractivity contribution in [3.63, 3.8) is 0 Å². The van der Waals surface area contributed by atoms with E-state index in [1.807, 2.05) is 23.1 Å². The van der Waals surface area contributed by atoms with E-state index < -0.39 is 5.91 Å². The van der Waals surface area contributed by atoms with E-state index >= 15 is 0 Å². The maximum absolute atomic E-state index is 12.8. The lowest BCUT2D eigenvalue weighted by Gasteiger charge is -2.41. The average molecular weight is 443 g/mol. The Balaban J connectivity index is 0.00000341. The van der Waals surface area contributed by atoms with Gasteiger partial charge in [-0.05, 0) is 36.4 Å². The van der Waals surface area contributed by atoms with Crippen molar-refractivity contribution in [3.05, 3.63) is 77.6 Å². The summed E-state index contributed by atoms with van der Waals surface area (Å²) in [7, 11) is 0. The third-order valence-electron chi connectivity index (χ3n) is 5.10. The first kappa shape index (κ1) is 24.3. The highest BCUT2D eigenvalue weighted by Gasteiger charge is 2.28. The van der Waals surface area contributed by atoms with Crippen LogP contribution >= 0.6 is 12.4 Å². The summed E-state index contributed by atoms with van der Waals surface area (Å²) in [5.41, 5.74) is 3.91. The molecule has 0 saturated carbocycles. The fourth-order valence-corrected chi connectivity index (χ4v) is 3.51. The Morgan fingerprint density at radius 2 is 1.74 bits per heavy atom. The maximum atomic E-state index is 12.8. The van der Waals surface area contributed by atoms with Gasteiger partial charge in [-0.15, -0.1) is 12.4 Å². The van der Waals surface area contributed by atoms with Crippen LogP contribution in [-0.2, 0) is 9.59 Å². The molecule has 0 radical (unpaired) electrons. The van der Waals surface area contributed by atoms with E-state index in [2.05, 4.69) is 28.9 Å². The van der Waals surface area contributed by atoms with Gasteiger partial charge in [-0.25, -0.2) is 10.5 Å². The van der Waals surface area contributed by atoms with Crippen molar-refractivity contribution in [2.24, 2.45) is 0 Å². The fourth-order valence-electron chi connectivity index (χ4n) is 3.51. The Hall–Kier alpha value is -3.00. The van der Waals surface area contributed by atoms with Gasteiger partial charge in [0.2, 0.25) is 5.91 Å². The summed E-state index contributed by atoms with van der Waals surface area (Å²) in [6.45, 7) is 5.25. The lowest BCUT2D eigenvalue weighted by molar-refractivity contribution is -0.129. The minimum absolute atomic E-state index is 0. The van der Waals surface area contributed by atoms with Gasteiger partial charge in [0.25, 0.3) is 5.91 Å². The zero-order valence-corrected chi connectivity index (χ0v) is 18.2. The number of rotatable bonds is 6. The van der Waals surface area contributed by atoms with E-state index in [9.17, 15) is 9.59 Å². The summed E-state index contributed by atoms with van der Waals surface area (Å²) < 4.78 is 0. The van der Waals surface area contributed by atoms with Crippen LogP contribution in [0.2, 0.25) is 0 Å². The average Bonchev–Trinajstić information content (AvgIpc) is 2.81. The number of nitrogens with zero attached hydrogens (tertiary/aromatic N) is 3. The zero-order valence-electron chi connectivity index (χ0n) is 17.3. The van der Waals surface area contributed by atoms with Gasteiger partial charge in [-0.2, -0.15) is 0 Å². The fraction of sp³-hybridized carbons (Fsp3) is 0.261. The van der Waals surface area contributed by atoms with Crippen molar-refractivity contribution < 1.29 is 14.8 Å². The van der Waals surface area contributed by atoms with Crippen molar-refractivity contribution >= 4 is 36.4 Å². The zero-order chi connectivity index (χ0) is 21.3. The van der Waals surface area contributed by atoms with Gasteiger partial charge in [0.15, 0.2) is 0 Å². The SMILES string of the molecule is CCN1CCN(C(=O)/C=C/c2cccc(/C=C/C(=O)NO)n2)CC1c1ccccc1.Cl. The molecule has 2 heterocycles. The van der Waals surface area contributed by atoms with Gasteiger partial charge >= 0.3 is 0 Å². The molecule has 2 N–H and O–H groups in total. The molecule has 3 rings (SSSR count). The van der Waals surface area contributed by atoms with Crippen molar-refractivity contribution in [1.29, 1.82) is 0 Å². The molecule has 1 aliphatic rings. The molecule has 1 atom stereocenters. The van der Waals surface area contributed by atoms with Crippen LogP contribution < -0.4 is 5.48 Å². The number of carbonyl (C=O) groups is 2. The smallest absolute Gasteiger partial charge is 0.267 e. The predicted molar refractivity (Wildman–Crippen MR) is 122 cm³/mol. The molecule has 2 amide bonds. The number of hydrogen-bond acceptors (Lipinski definition) is 5. The second-order valence-electron chi connectivity index (χ2n) is 6.97. The first-order chi connectivity index (χ1) is 14.6. The molecule has 0 bridgehead atoms. The molecule has 1 unspecified atom stereocenters. The molecule has 1 saturated heterocycles. The van der Waals surface area contributed by atoms with Crippen LogP contribution in [0.3, 0.4) is 0 Å². The van der Waals surface area contributed by atoms with E-state index in [1.165, 1.54) is 23.2 Å². The van der Waals surface area contributed by atoms with E-state index in [0.29, 0.717) is 24.5 Å². The normalized spacial score (nSPS) is 17.0. The summed E-state index contributed by atoms with van der Waals surface area (Å²) in [6, 6.07) is 15.8. The first-order valence-corrected chi connectivity index (χ1v) is 9.96. The number of pyridine rings is 1. The number of halogens is 1. The lowest BCUT2D eigenvalue weighted by Crippen LogP contribution is -2.49. The lowest BCUT2D eigenvalue weighted by atomic mass is 10.0. The molecular weight excluding hydrogens is 416 g/mol. The van der Waals surface area contributed by atoms with Gasteiger partial charge in [0.05, 0.1) is 17.4 Å². The minimum Gasteiger partial charge on any atom is -0.336 e. The first-order valence-electron chi connectivity index (χ1n) is 9.96. The van der Waals surface area contributed by atoms with Gasteiger partial charge in [-0.1, -0.05) is 43.3 Å². The summed E-state index contributed by atoms with van der Waals surface area (Å²) >= 11 is 0. The number of piperazine rings is 1. The van der Waals surface area contributed by atoms with Crippen molar-refractivity contribution in [2.45, 2.75) is 13.0 Å². The molecule has 0 spiro atoms. The van der Waals surface area contributed by atoms with Gasteiger partial charge in [0.1, 0.15) is 0 Å². The third kappa shape index (κ3) is 6.75. The van der Waals surface area contributed by atoms with Crippen LogP contribution in [0.15, 0.2) is 60.7 Å². The van der Waals surface area contributed by atoms with E-state index in [-0.39, 0.29) is 24.4 Å². The van der Waals surface area contributed by atoms with Gasteiger partial charge < -0.3 is 4.90 Å². The number of amides is 2. The van der Waals surface area contributed by atoms with Crippen LogP contribution in [0, 0.1) is 0 Å². The summed E-state index contributed by atoms with van der Waals surface area (Å²) in [4.78, 5) is 32.5. The highest BCUT2D eigenvalue weighted by molar-refractivity contribution is 5.92. The monoisotopic (exact) mass is 442 g/mol. The number of carbonyl (C=O) groups excluding carboxylic acids is 2. The standard InChI is InChI=1S/C23H26N4O3.ClH/c1-2-26-15-16-27(17-21(26)18-7-4-3-5-8-18)23(29)14-12-20-10-6-9-19(24-20)11-13-22(28)25-30;/h3-14,21,30H,2,15-17H2,1H3,(H,25,28);1H/b13-11+,14-12+;. The van der Waals surface area contributed by atoms with Crippen molar-refractivity contribution in [2.75, 3.05) is 26.2 Å². The van der Waals surface area contributed by atoms with E-state index in [0.717, 1.165) is 13.1 Å². The van der Waals surface area contributed by atoms with Gasteiger partial charge in [-0.3, -0.25) is 19.7 Å². The molecular formula is C23H27ClN4O3. The molecule has 0 aliphatic carbocycles. The van der Waals surface area contributed by atoms with E-state index in [4.69, 9.17) is 5.21 Å². The molecule has 31 heavy (non-hydrogen) atoms. The van der Waals surface area contributed by atoms with E-state index in [1.54, 1.807) is 30.4 Å². The molecule has 1 fully saturated rings. The number of hydroxylamine groups is 1. The molecule has 164 valence electrons. The number of benzene rings is 1. The molecule has 8 heteroatoms. The van der Waals surface area contributed by atoms with Crippen molar-refractivity contribution in [3.8, 4) is 0 Å². The Labute approximate surface area is 188 Å². The van der Waals surface area contributed by atoms with Crippen LogP contribution in [0.1, 0.15) is 29.9 Å². The molecule has 2 aromatic rings. The second kappa shape index (κ2) is 12.0. The maximum Gasteiger partial charge on any atom is 0.267 e. The van der Waals surface area contributed by atoms with Crippen LogP contribution in [0.25, 0.3) is 12.2 Å². The highest BCUT2D eigenvalue weighted by Crippen LogP contribution is 2.25. The summed E-state index contributed by atoms with van der Waals surface area (Å²) in [5.74, 6) is -0.679. The van der Waals surface area contributed by atoms with Crippen LogP contribution in [-0.4, -0.2) is 58.0 Å². The number of hydrogen-bond donors (Lipinski definition) is 2.